The maximum absolute atomic E-state index is 13.0. The molecule has 0 radical (unpaired) electrons. The van der Waals surface area contributed by atoms with E-state index in [1.165, 1.54) is 18.1 Å². The van der Waals surface area contributed by atoms with Gasteiger partial charge in [-0.2, -0.15) is 0 Å². The fourth-order valence-electron chi connectivity index (χ4n) is 10.6. The molecule has 0 aliphatic rings. The normalized spacial score (nSPS) is 10.3. The Morgan fingerprint density at radius 3 is 0.434 bits per heavy atom. The van der Waals surface area contributed by atoms with Gasteiger partial charge < -0.3 is 28.4 Å². The van der Waals surface area contributed by atoms with Crippen molar-refractivity contribution >= 4 is 40.5 Å². The van der Waals surface area contributed by atoms with Crippen LogP contribution in [0.15, 0.2) is 315 Å². The van der Waals surface area contributed by atoms with Crippen molar-refractivity contribution < 1.29 is 62.0 Å². The van der Waals surface area contributed by atoms with E-state index in [2.05, 4.69) is 0 Å². The van der Waals surface area contributed by atoms with Crippen molar-refractivity contribution in [1.82, 2.24) is 0 Å². The number of ether oxygens (including phenoxy) is 6. The average molecular weight is 1400 g/mol. The van der Waals surface area contributed by atoms with E-state index >= 15 is 0 Å². The van der Waals surface area contributed by atoms with Gasteiger partial charge in [-0.3, -0.25) is 33.6 Å². The van der Waals surface area contributed by atoms with E-state index < -0.39 is 0 Å². The first-order valence-electron chi connectivity index (χ1n) is 33.9. The summed E-state index contributed by atoms with van der Waals surface area (Å²) in [5.74, 6) is 5.78. The maximum atomic E-state index is 13.0. The van der Waals surface area contributed by atoms with Gasteiger partial charge in [-0.05, 0) is 229 Å². The Morgan fingerprint density at radius 2 is 0.283 bits per heavy atom. The molecule has 0 saturated heterocycles. The van der Waals surface area contributed by atoms with Gasteiger partial charge >= 0.3 is 0 Å². The van der Waals surface area contributed by atoms with Gasteiger partial charge in [-0.15, -0.1) is 0 Å². The lowest BCUT2D eigenvalue weighted by atomic mass is 9.98. The standard InChI is InChI=1S/C35H26O5.C22H18O3.C21H18O3.C15H14O2/c1-23-3-5-24(6-4-23)33(36)25-7-9-26(10-8-25)34(37)28-13-19-31(20-14-28)40-32-21-15-29(16-22-32)35(38)27-11-17-30(39-2)18-12-27;1-15-3-11-20(12-4-15)25-21-13-9-19(10-14-21)22(24)18-7-5-17(6-8-18)16(2)23;1-15-3-9-19(10-4-15)24-20-13-7-17(8-14-20)21(22)16-5-11-18(23-2)12-6-16;1-11-3-5-12(6-4-11)15(16)13-7-9-14(17-2)10-8-13/h3-22H,1-2H3;3-14H,1-2H3;3-14H,1-2H3;3-10H,1-2H3. The molecule has 13 aromatic rings. The van der Waals surface area contributed by atoms with Crippen LogP contribution >= 0.6 is 0 Å². The van der Waals surface area contributed by atoms with E-state index in [4.69, 9.17) is 28.4 Å². The van der Waals surface area contributed by atoms with Crippen LogP contribution in [-0.4, -0.2) is 61.8 Å². The molecule has 0 bridgehead atoms. The molecule has 526 valence electrons. The van der Waals surface area contributed by atoms with Gasteiger partial charge in [0.05, 0.1) is 21.3 Å². The van der Waals surface area contributed by atoms with Crippen molar-refractivity contribution in [2.75, 3.05) is 21.3 Å². The van der Waals surface area contributed by atoms with Gasteiger partial charge in [-0.25, -0.2) is 0 Å². The zero-order chi connectivity index (χ0) is 75.1. The molecule has 13 heteroatoms. The Morgan fingerprint density at radius 1 is 0.170 bits per heavy atom. The Hall–Kier alpha value is -13.7. The summed E-state index contributed by atoms with van der Waals surface area (Å²) in [6.45, 7) is 9.53. The smallest absolute Gasteiger partial charge is 0.193 e. The molecule has 13 rings (SSSR count). The molecule has 13 aromatic carbocycles. The highest BCUT2D eigenvalue weighted by atomic mass is 16.5. The summed E-state index contributed by atoms with van der Waals surface area (Å²) in [6.07, 6.45) is 0. The molecule has 0 N–H and O–H groups in total. The minimum Gasteiger partial charge on any atom is -0.497 e. The van der Waals surface area contributed by atoms with Crippen LogP contribution in [0.2, 0.25) is 0 Å². The first-order chi connectivity index (χ1) is 51.3. The summed E-state index contributed by atoms with van der Waals surface area (Å²) >= 11 is 0. The highest BCUT2D eigenvalue weighted by Crippen LogP contribution is 2.29. The van der Waals surface area contributed by atoms with Crippen LogP contribution in [0.3, 0.4) is 0 Å². The molecule has 0 aliphatic heterocycles. The Labute approximate surface area is 616 Å². The number of hydrogen-bond donors (Lipinski definition) is 0. The minimum absolute atomic E-state index is 0.0170. The second kappa shape index (κ2) is 36.3. The quantitative estimate of drug-likeness (QED) is 0.0587. The lowest BCUT2D eigenvalue weighted by Crippen LogP contribution is -2.04. The van der Waals surface area contributed by atoms with E-state index in [1.54, 1.807) is 252 Å². The molecule has 0 aromatic heterocycles. The highest BCUT2D eigenvalue weighted by molar-refractivity contribution is 6.13. The Kier molecular flexibility index (Phi) is 25.7. The fourth-order valence-corrected chi connectivity index (χ4v) is 10.6. The first-order valence-corrected chi connectivity index (χ1v) is 33.9. The number of hydrogen-bond acceptors (Lipinski definition) is 13. The first kappa shape index (κ1) is 75.0. The van der Waals surface area contributed by atoms with Crippen molar-refractivity contribution in [3.63, 3.8) is 0 Å². The lowest BCUT2D eigenvalue weighted by molar-refractivity contribution is 0.101. The van der Waals surface area contributed by atoms with Crippen LogP contribution in [0, 0.1) is 27.7 Å². The molecule has 0 fully saturated rings. The van der Waals surface area contributed by atoms with Crippen molar-refractivity contribution in [3.8, 4) is 51.7 Å². The fraction of sp³-hybridized carbons (Fsp3) is 0.0860. The summed E-state index contributed by atoms with van der Waals surface area (Å²) < 4.78 is 32.8. The predicted octanol–water partition coefficient (Wildman–Crippen LogP) is 21.0. The molecule has 0 unspecified atom stereocenters. The molecule has 13 nitrogen and oxygen atoms in total. The average Bonchev–Trinajstić information content (AvgIpc) is 0.835. The van der Waals surface area contributed by atoms with Gasteiger partial charge in [0.1, 0.15) is 51.7 Å². The van der Waals surface area contributed by atoms with E-state index in [9.17, 15) is 33.6 Å². The van der Waals surface area contributed by atoms with E-state index in [1.807, 2.05) is 113 Å². The number of Topliss-reactive ketones (excluding diaryl/α,β-unsaturated/α-hetero) is 1. The van der Waals surface area contributed by atoms with Crippen LogP contribution in [0.4, 0.5) is 0 Å². The van der Waals surface area contributed by atoms with Gasteiger partial charge in [-0.1, -0.05) is 144 Å². The third-order valence-electron chi connectivity index (χ3n) is 16.9. The summed E-state index contributed by atoms with van der Waals surface area (Å²) in [6, 6.07) is 93.1. The SMILES string of the molecule is CC(=O)c1ccc(C(=O)c2ccc(Oc3ccc(C)cc3)cc2)cc1.COc1ccc(C(=O)c2ccc(C)cc2)cc1.COc1ccc(C(=O)c2ccc(Oc3ccc(C(=O)c4ccc(C(=O)c5ccc(C)cc5)cc4)cc3)cc2)cc1.COc1ccc(C(=O)c2ccc(Oc3ccc(C)cc3)cc2)cc1. The number of ketones is 7. The molecule has 106 heavy (non-hydrogen) atoms. The van der Waals surface area contributed by atoms with Crippen LogP contribution < -0.4 is 28.4 Å². The van der Waals surface area contributed by atoms with Crippen LogP contribution in [0.5, 0.6) is 51.7 Å². The number of carbonyl (C=O) groups is 7. The number of carbonyl (C=O) groups excluding carboxylic acids is 7. The van der Waals surface area contributed by atoms with E-state index in [0.29, 0.717) is 101 Å². The summed E-state index contributed by atoms with van der Waals surface area (Å²) in [7, 11) is 4.79. The van der Waals surface area contributed by atoms with Crippen LogP contribution in [-0.2, 0) is 0 Å². The van der Waals surface area contributed by atoms with Gasteiger partial charge in [0.15, 0.2) is 40.5 Å². The van der Waals surface area contributed by atoms with Crippen LogP contribution in [0.1, 0.15) is 135 Å². The third kappa shape index (κ3) is 20.8. The van der Waals surface area contributed by atoms with E-state index in [-0.39, 0.29) is 40.5 Å². The summed E-state index contributed by atoms with van der Waals surface area (Å²) in [5.41, 5.74) is 12.2. The number of benzene rings is 13. The molecule has 0 spiro atoms. The molecule has 0 amide bonds. The third-order valence-corrected chi connectivity index (χ3v) is 16.9. The molecule has 0 heterocycles. The molecule has 0 atom stereocenters. The Balaban J connectivity index is 0.000000159. The molecular formula is C93H76O13. The highest BCUT2D eigenvalue weighted by Gasteiger charge is 2.17. The largest absolute Gasteiger partial charge is 0.497 e. The predicted molar refractivity (Wildman–Crippen MR) is 413 cm³/mol. The van der Waals surface area contributed by atoms with Gasteiger partial charge in [0, 0.05) is 72.3 Å². The zero-order valence-electron chi connectivity index (χ0n) is 59.8. The van der Waals surface area contributed by atoms with Gasteiger partial charge in [0.2, 0.25) is 0 Å². The zero-order valence-corrected chi connectivity index (χ0v) is 59.8. The second-order valence-electron chi connectivity index (χ2n) is 24.6. The molecule has 0 saturated carbocycles. The second-order valence-corrected chi connectivity index (χ2v) is 24.6. The maximum Gasteiger partial charge on any atom is 0.193 e. The number of methoxy groups -OCH3 is 3. The van der Waals surface area contributed by atoms with E-state index in [0.717, 1.165) is 34.1 Å². The number of aryl methyl sites for hydroxylation is 4. The Bertz CT molecular complexity index is 5130. The van der Waals surface area contributed by atoms with Crippen molar-refractivity contribution in [2.45, 2.75) is 34.6 Å². The lowest BCUT2D eigenvalue weighted by Gasteiger charge is -2.08. The topological polar surface area (TPSA) is 175 Å². The molecule has 0 aliphatic carbocycles. The minimum atomic E-state index is -0.151. The molecular weight excluding hydrogens is 1330 g/mol. The summed E-state index contributed by atoms with van der Waals surface area (Å²) in [4.78, 5) is 86.8. The summed E-state index contributed by atoms with van der Waals surface area (Å²) in [5, 5.41) is 0. The van der Waals surface area contributed by atoms with Crippen molar-refractivity contribution in [2.24, 2.45) is 0 Å². The van der Waals surface area contributed by atoms with Crippen molar-refractivity contribution in [3.05, 3.63) is 410 Å². The van der Waals surface area contributed by atoms with Crippen LogP contribution in [0.25, 0.3) is 0 Å². The van der Waals surface area contributed by atoms with Crippen molar-refractivity contribution in [1.29, 1.82) is 0 Å². The monoisotopic (exact) mass is 1400 g/mol. The van der Waals surface area contributed by atoms with Gasteiger partial charge in [0.25, 0.3) is 0 Å². The number of rotatable bonds is 22.